The van der Waals surface area contributed by atoms with E-state index in [1.54, 1.807) is 6.20 Å². The summed E-state index contributed by atoms with van der Waals surface area (Å²) >= 11 is 0. The lowest BCUT2D eigenvalue weighted by atomic mass is 10.1. The molecule has 0 radical (unpaired) electrons. The molecule has 0 aliphatic carbocycles. The predicted octanol–water partition coefficient (Wildman–Crippen LogP) is 5.25. The molecule has 1 N–H and O–H groups in total. The van der Waals surface area contributed by atoms with E-state index in [1.807, 2.05) is 24.3 Å². The van der Waals surface area contributed by atoms with Crippen molar-refractivity contribution in [3.05, 3.63) is 71.9 Å². The second-order valence-corrected chi connectivity index (χ2v) is 5.91. The predicted molar refractivity (Wildman–Crippen MR) is 105 cm³/mol. The van der Waals surface area contributed by atoms with Crippen LogP contribution >= 0.6 is 0 Å². The fraction of sp³-hybridized carbons (Fsp3) is 0.238. The number of para-hydroxylation sites is 2. The lowest BCUT2D eigenvalue weighted by Crippen LogP contribution is -2.18. The molecule has 0 spiro atoms. The van der Waals surface area contributed by atoms with Gasteiger partial charge in [-0.05, 0) is 49.6 Å². The number of nitrogens with one attached hydrogen (secondary N) is 1. The van der Waals surface area contributed by atoms with Gasteiger partial charge in [0.1, 0.15) is 5.82 Å². The van der Waals surface area contributed by atoms with Gasteiger partial charge < -0.3 is 10.2 Å². The van der Waals surface area contributed by atoms with Crippen LogP contribution in [-0.2, 0) is 6.42 Å². The zero-order valence-corrected chi connectivity index (χ0v) is 15.0. The summed E-state index contributed by atoms with van der Waals surface area (Å²) in [6.45, 7) is 7.23. The maximum Gasteiger partial charge on any atom is 0.229 e. The summed E-state index contributed by atoms with van der Waals surface area (Å²) in [4.78, 5) is 11.3. The van der Waals surface area contributed by atoms with Crippen molar-refractivity contribution in [3.8, 4) is 0 Å². The minimum Gasteiger partial charge on any atom is -0.327 e. The Bertz CT molecular complexity index is 830. The van der Waals surface area contributed by atoms with Gasteiger partial charge >= 0.3 is 0 Å². The first-order valence-corrected chi connectivity index (χ1v) is 8.74. The Morgan fingerprint density at radius 2 is 1.76 bits per heavy atom. The summed E-state index contributed by atoms with van der Waals surface area (Å²) in [6, 6.07) is 18.6. The number of rotatable bonds is 6. The minimum absolute atomic E-state index is 0.621. The smallest absolute Gasteiger partial charge is 0.229 e. The highest BCUT2D eigenvalue weighted by Gasteiger charge is 2.11. The van der Waals surface area contributed by atoms with Gasteiger partial charge in [0, 0.05) is 24.1 Å². The molecule has 1 heterocycles. The molecule has 0 aliphatic rings. The number of hydrogen-bond acceptors (Lipinski definition) is 4. The summed E-state index contributed by atoms with van der Waals surface area (Å²) in [6.07, 6.45) is 2.77. The Labute approximate surface area is 149 Å². The quantitative estimate of drug-likeness (QED) is 0.669. The topological polar surface area (TPSA) is 41.1 Å². The molecule has 3 aromatic rings. The molecule has 0 saturated carbocycles. The highest BCUT2D eigenvalue weighted by molar-refractivity contribution is 5.65. The molecule has 25 heavy (non-hydrogen) atoms. The SMILES string of the molecule is CCc1cccc(C)c1Nc1nccc(N(CC)c2ccccc2)n1. The molecule has 0 bridgehead atoms. The zero-order chi connectivity index (χ0) is 17.6. The van der Waals surface area contributed by atoms with E-state index in [1.165, 1.54) is 11.1 Å². The Balaban J connectivity index is 1.92. The Hall–Kier alpha value is -2.88. The number of benzene rings is 2. The van der Waals surface area contributed by atoms with E-state index in [4.69, 9.17) is 4.98 Å². The van der Waals surface area contributed by atoms with Crippen molar-refractivity contribution in [2.45, 2.75) is 27.2 Å². The third kappa shape index (κ3) is 3.79. The number of aryl methyl sites for hydroxylation is 2. The van der Waals surface area contributed by atoms with E-state index >= 15 is 0 Å². The standard InChI is InChI=1S/C21H24N4/c1-4-17-11-9-10-16(3)20(17)24-21-22-15-14-19(23-21)25(5-2)18-12-7-6-8-13-18/h6-15H,4-5H2,1-3H3,(H,22,23,24). The van der Waals surface area contributed by atoms with Crippen molar-refractivity contribution >= 4 is 23.1 Å². The third-order valence-electron chi connectivity index (χ3n) is 4.28. The Morgan fingerprint density at radius 1 is 0.960 bits per heavy atom. The molecule has 0 fully saturated rings. The van der Waals surface area contributed by atoms with Crippen LogP contribution in [0.4, 0.5) is 23.1 Å². The highest BCUT2D eigenvalue weighted by atomic mass is 15.2. The van der Waals surface area contributed by atoms with Gasteiger partial charge in [0.2, 0.25) is 5.95 Å². The van der Waals surface area contributed by atoms with Crippen LogP contribution in [0.3, 0.4) is 0 Å². The van der Waals surface area contributed by atoms with E-state index in [-0.39, 0.29) is 0 Å². The van der Waals surface area contributed by atoms with Crippen molar-refractivity contribution in [2.24, 2.45) is 0 Å². The van der Waals surface area contributed by atoms with Crippen molar-refractivity contribution in [1.29, 1.82) is 0 Å². The molecular weight excluding hydrogens is 308 g/mol. The molecule has 0 aliphatic heterocycles. The van der Waals surface area contributed by atoms with E-state index in [0.29, 0.717) is 5.95 Å². The maximum absolute atomic E-state index is 4.74. The highest BCUT2D eigenvalue weighted by Crippen LogP contribution is 2.26. The first-order valence-electron chi connectivity index (χ1n) is 8.74. The molecule has 0 amide bonds. The van der Waals surface area contributed by atoms with Crippen LogP contribution in [0.25, 0.3) is 0 Å². The van der Waals surface area contributed by atoms with Crippen LogP contribution < -0.4 is 10.2 Å². The van der Waals surface area contributed by atoms with Gasteiger partial charge in [-0.3, -0.25) is 0 Å². The van der Waals surface area contributed by atoms with Gasteiger partial charge in [-0.25, -0.2) is 4.98 Å². The fourth-order valence-corrected chi connectivity index (χ4v) is 2.96. The van der Waals surface area contributed by atoms with Gasteiger partial charge in [-0.2, -0.15) is 4.98 Å². The molecule has 0 atom stereocenters. The third-order valence-corrected chi connectivity index (χ3v) is 4.28. The van der Waals surface area contributed by atoms with Crippen molar-refractivity contribution in [3.63, 3.8) is 0 Å². The van der Waals surface area contributed by atoms with Crippen molar-refractivity contribution < 1.29 is 0 Å². The molecule has 2 aromatic carbocycles. The van der Waals surface area contributed by atoms with Gasteiger partial charge in [0.05, 0.1) is 0 Å². The summed E-state index contributed by atoms with van der Waals surface area (Å²) in [5.74, 6) is 1.51. The summed E-state index contributed by atoms with van der Waals surface area (Å²) in [7, 11) is 0. The maximum atomic E-state index is 4.74. The number of nitrogens with zero attached hydrogens (tertiary/aromatic N) is 3. The van der Waals surface area contributed by atoms with Gasteiger partial charge in [0.15, 0.2) is 0 Å². The molecular formula is C21H24N4. The summed E-state index contributed by atoms with van der Waals surface area (Å²) in [5.41, 5.74) is 4.69. The van der Waals surface area contributed by atoms with E-state index in [0.717, 1.165) is 30.2 Å². The second-order valence-electron chi connectivity index (χ2n) is 5.91. The van der Waals surface area contributed by atoms with E-state index in [9.17, 15) is 0 Å². The monoisotopic (exact) mass is 332 g/mol. The summed E-state index contributed by atoms with van der Waals surface area (Å²) < 4.78 is 0. The molecule has 3 rings (SSSR count). The van der Waals surface area contributed by atoms with Gasteiger partial charge in [-0.15, -0.1) is 0 Å². The largest absolute Gasteiger partial charge is 0.327 e. The van der Waals surface area contributed by atoms with Crippen LogP contribution in [0.15, 0.2) is 60.8 Å². The minimum atomic E-state index is 0.621. The number of aromatic nitrogens is 2. The molecule has 4 nitrogen and oxygen atoms in total. The summed E-state index contributed by atoms with van der Waals surface area (Å²) in [5, 5.41) is 3.41. The lowest BCUT2D eigenvalue weighted by Gasteiger charge is -2.22. The van der Waals surface area contributed by atoms with Crippen molar-refractivity contribution in [2.75, 3.05) is 16.8 Å². The molecule has 4 heteroatoms. The second kappa shape index (κ2) is 7.79. The van der Waals surface area contributed by atoms with Crippen LogP contribution in [-0.4, -0.2) is 16.5 Å². The number of hydrogen-bond donors (Lipinski definition) is 1. The molecule has 0 saturated heterocycles. The fourth-order valence-electron chi connectivity index (χ4n) is 2.96. The van der Waals surface area contributed by atoms with E-state index in [2.05, 4.69) is 66.3 Å². The van der Waals surface area contributed by atoms with Crippen LogP contribution in [0.1, 0.15) is 25.0 Å². The first kappa shape index (κ1) is 17.0. The molecule has 0 unspecified atom stereocenters. The van der Waals surface area contributed by atoms with Gasteiger partial charge in [0.25, 0.3) is 0 Å². The van der Waals surface area contributed by atoms with Crippen LogP contribution in [0, 0.1) is 6.92 Å². The van der Waals surface area contributed by atoms with Crippen molar-refractivity contribution in [1.82, 2.24) is 9.97 Å². The lowest BCUT2D eigenvalue weighted by molar-refractivity contribution is 0.978. The Kier molecular flexibility index (Phi) is 5.29. The number of anilines is 4. The Morgan fingerprint density at radius 3 is 2.48 bits per heavy atom. The average molecular weight is 332 g/mol. The zero-order valence-electron chi connectivity index (χ0n) is 15.0. The average Bonchev–Trinajstić information content (AvgIpc) is 2.65. The molecule has 128 valence electrons. The van der Waals surface area contributed by atoms with Crippen LogP contribution in [0.2, 0.25) is 0 Å². The van der Waals surface area contributed by atoms with E-state index < -0.39 is 0 Å². The first-order chi connectivity index (χ1) is 12.2. The van der Waals surface area contributed by atoms with Crippen LogP contribution in [0.5, 0.6) is 0 Å². The van der Waals surface area contributed by atoms with Gasteiger partial charge in [-0.1, -0.05) is 43.3 Å². The normalized spacial score (nSPS) is 10.5. The molecule has 1 aromatic heterocycles.